The molecule has 230 valence electrons. The summed E-state index contributed by atoms with van der Waals surface area (Å²) >= 11 is 0. The predicted molar refractivity (Wildman–Crippen MR) is 172 cm³/mol. The minimum absolute atomic E-state index is 0.0399. The maximum Gasteiger partial charge on any atom is 0.323 e. The molecule has 3 aromatic rings. The van der Waals surface area contributed by atoms with Gasteiger partial charge in [0.25, 0.3) is 0 Å². The van der Waals surface area contributed by atoms with E-state index < -0.39 is 0 Å². The fraction of sp³-hybridized carbons (Fsp3) is 0.400. The lowest BCUT2D eigenvalue weighted by atomic mass is 10.1. The van der Waals surface area contributed by atoms with Gasteiger partial charge in [0, 0.05) is 56.7 Å². The molecular formula is C35H41N5O4. The van der Waals surface area contributed by atoms with Crippen LogP contribution in [-0.2, 0) is 16.1 Å². The van der Waals surface area contributed by atoms with Crippen molar-refractivity contribution in [3.8, 4) is 5.75 Å². The second-order valence-electron chi connectivity index (χ2n) is 12.2. The summed E-state index contributed by atoms with van der Waals surface area (Å²) in [4.78, 5) is 44.5. The average molecular weight is 596 g/mol. The molecule has 0 bridgehead atoms. The Labute approximate surface area is 259 Å². The van der Waals surface area contributed by atoms with Crippen LogP contribution in [0.25, 0.3) is 0 Å². The molecule has 2 aliphatic heterocycles. The molecule has 2 atom stereocenters. The average Bonchev–Trinajstić information content (AvgIpc) is 3.81. The Hall–Kier alpha value is -4.53. The third-order valence-electron chi connectivity index (χ3n) is 9.05. The van der Waals surface area contributed by atoms with Crippen LogP contribution in [-0.4, -0.2) is 66.5 Å². The van der Waals surface area contributed by atoms with Gasteiger partial charge in [0.2, 0.25) is 11.8 Å². The zero-order valence-electron chi connectivity index (χ0n) is 25.3. The topological polar surface area (TPSA) is 94.2 Å². The molecule has 0 radical (unpaired) electrons. The van der Waals surface area contributed by atoms with E-state index >= 15 is 0 Å². The molecule has 2 heterocycles. The van der Waals surface area contributed by atoms with Gasteiger partial charge < -0.3 is 30.1 Å². The largest absolute Gasteiger partial charge is 0.490 e. The molecule has 3 aliphatic rings. The molecule has 2 N–H and O–H groups in total. The standard InChI is InChI=1S/C35H41N5O4/c1-38(34(42)26-21-33(41)40(23-26)22-25-7-3-2-4-8-25)30-19-20-39(24-30)29-15-11-27(12-16-29)36-35(43)37-28-13-17-32(18-14-28)44-31-9-5-6-10-31/h2-4,7-8,11-18,26,30-31H,5-6,9-10,19-24H2,1H3,(H2,36,37,43). The number of ether oxygens (including phenoxy) is 1. The van der Waals surface area contributed by atoms with E-state index in [4.69, 9.17) is 4.74 Å². The third kappa shape index (κ3) is 7.15. The number of carbonyl (C=O) groups excluding carboxylic acids is 3. The summed E-state index contributed by atoms with van der Waals surface area (Å²) < 4.78 is 6.00. The lowest BCUT2D eigenvalue weighted by molar-refractivity contribution is -0.136. The molecule has 0 aromatic heterocycles. The number of urea groups is 1. The Morgan fingerprint density at radius 3 is 2.20 bits per heavy atom. The van der Waals surface area contributed by atoms with Crippen LogP contribution >= 0.6 is 0 Å². The van der Waals surface area contributed by atoms with Crippen LogP contribution in [0.3, 0.4) is 0 Å². The third-order valence-corrected chi connectivity index (χ3v) is 9.05. The van der Waals surface area contributed by atoms with Crippen LogP contribution in [0.5, 0.6) is 5.75 Å². The lowest BCUT2D eigenvalue weighted by Gasteiger charge is -2.28. The number of hydrogen-bond acceptors (Lipinski definition) is 5. The number of likely N-dealkylation sites (tertiary alicyclic amines) is 1. The summed E-state index contributed by atoms with van der Waals surface area (Å²) in [5, 5.41) is 5.77. The summed E-state index contributed by atoms with van der Waals surface area (Å²) in [7, 11) is 1.86. The number of amides is 4. The molecular weight excluding hydrogens is 554 g/mol. The van der Waals surface area contributed by atoms with E-state index in [2.05, 4.69) is 15.5 Å². The van der Waals surface area contributed by atoms with E-state index in [1.165, 1.54) is 12.8 Å². The highest BCUT2D eigenvalue weighted by atomic mass is 16.5. The Morgan fingerprint density at radius 2 is 1.52 bits per heavy atom. The SMILES string of the molecule is CN(C(=O)C1CC(=O)N(Cc2ccccc2)C1)C1CCN(c2ccc(NC(=O)Nc3ccc(OC4CCCC4)cc3)cc2)C1. The van der Waals surface area contributed by atoms with Crippen molar-refractivity contribution in [2.45, 2.75) is 57.2 Å². The Balaban J connectivity index is 0.959. The monoisotopic (exact) mass is 595 g/mol. The van der Waals surface area contributed by atoms with E-state index in [0.29, 0.717) is 30.6 Å². The fourth-order valence-electron chi connectivity index (χ4n) is 6.52. The van der Waals surface area contributed by atoms with Crippen molar-refractivity contribution in [2.24, 2.45) is 5.92 Å². The smallest absolute Gasteiger partial charge is 0.323 e. The van der Waals surface area contributed by atoms with Crippen LogP contribution in [0.15, 0.2) is 78.9 Å². The van der Waals surface area contributed by atoms with Crippen molar-refractivity contribution in [1.29, 1.82) is 0 Å². The van der Waals surface area contributed by atoms with Gasteiger partial charge in [-0.3, -0.25) is 9.59 Å². The highest BCUT2D eigenvalue weighted by Crippen LogP contribution is 2.28. The molecule has 9 nitrogen and oxygen atoms in total. The van der Waals surface area contributed by atoms with Gasteiger partial charge in [-0.05, 0) is 86.2 Å². The first-order valence-corrected chi connectivity index (χ1v) is 15.7. The van der Waals surface area contributed by atoms with Crippen molar-refractivity contribution in [3.63, 3.8) is 0 Å². The van der Waals surface area contributed by atoms with Gasteiger partial charge in [-0.15, -0.1) is 0 Å². The summed E-state index contributed by atoms with van der Waals surface area (Å²) in [5.74, 6) is 0.614. The molecule has 3 fully saturated rings. The number of nitrogens with one attached hydrogen (secondary N) is 2. The number of likely N-dealkylation sites (N-methyl/N-ethyl adjacent to an activating group) is 1. The van der Waals surface area contributed by atoms with Crippen LogP contribution in [0, 0.1) is 5.92 Å². The Bertz CT molecular complexity index is 1440. The van der Waals surface area contributed by atoms with Crippen molar-refractivity contribution in [3.05, 3.63) is 84.4 Å². The van der Waals surface area contributed by atoms with Crippen LogP contribution in [0.2, 0.25) is 0 Å². The number of rotatable bonds is 9. The second-order valence-corrected chi connectivity index (χ2v) is 12.2. The summed E-state index contributed by atoms with van der Waals surface area (Å²) in [5.41, 5.74) is 3.51. The summed E-state index contributed by atoms with van der Waals surface area (Å²) in [6, 6.07) is 24.9. The van der Waals surface area contributed by atoms with Gasteiger partial charge in [0.05, 0.1) is 18.1 Å². The molecule has 3 aromatic carbocycles. The van der Waals surface area contributed by atoms with Crippen molar-refractivity contribution >= 4 is 34.9 Å². The van der Waals surface area contributed by atoms with Crippen LogP contribution in [0.1, 0.15) is 44.1 Å². The van der Waals surface area contributed by atoms with E-state index in [9.17, 15) is 14.4 Å². The quantitative estimate of drug-likeness (QED) is 0.329. The molecule has 44 heavy (non-hydrogen) atoms. The molecule has 6 rings (SSSR count). The minimum atomic E-state index is -0.309. The molecule has 0 spiro atoms. The van der Waals surface area contributed by atoms with E-state index in [1.807, 2.05) is 90.8 Å². The minimum Gasteiger partial charge on any atom is -0.490 e. The van der Waals surface area contributed by atoms with Gasteiger partial charge >= 0.3 is 6.03 Å². The molecule has 1 aliphatic carbocycles. The summed E-state index contributed by atoms with van der Waals surface area (Å²) in [6.45, 7) is 2.57. The van der Waals surface area contributed by atoms with Crippen molar-refractivity contribution in [2.75, 3.05) is 42.2 Å². The Morgan fingerprint density at radius 1 is 0.864 bits per heavy atom. The van der Waals surface area contributed by atoms with Gasteiger partial charge in [-0.25, -0.2) is 4.79 Å². The lowest BCUT2D eigenvalue weighted by Crippen LogP contribution is -2.42. The number of carbonyl (C=O) groups is 3. The van der Waals surface area contributed by atoms with E-state index in [-0.39, 0.29) is 36.2 Å². The molecule has 9 heteroatoms. The predicted octanol–water partition coefficient (Wildman–Crippen LogP) is 5.74. The first-order chi connectivity index (χ1) is 21.4. The number of hydrogen-bond donors (Lipinski definition) is 2. The van der Waals surface area contributed by atoms with Gasteiger partial charge in [0.15, 0.2) is 0 Å². The van der Waals surface area contributed by atoms with Crippen LogP contribution in [0.4, 0.5) is 21.9 Å². The number of benzene rings is 3. The highest BCUT2D eigenvalue weighted by Gasteiger charge is 2.38. The van der Waals surface area contributed by atoms with E-state index in [0.717, 1.165) is 49.4 Å². The van der Waals surface area contributed by atoms with Gasteiger partial charge in [-0.2, -0.15) is 0 Å². The number of nitrogens with zero attached hydrogens (tertiary/aromatic N) is 3. The van der Waals surface area contributed by atoms with E-state index in [1.54, 1.807) is 4.90 Å². The van der Waals surface area contributed by atoms with Gasteiger partial charge in [-0.1, -0.05) is 30.3 Å². The molecule has 4 amide bonds. The van der Waals surface area contributed by atoms with Crippen molar-refractivity contribution in [1.82, 2.24) is 9.80 Å². The number of anilines is 3. The zero-order valence-corrected chi connectivity index (χ0v) is 25.3. The first kappa shape index (κ1) is 29.5. The fourth-order valence-corrected chi connectivity index (χ4v) is 6.52. The van der Waals surface area contributed by atoms with Gasteiger partial charge in [0.1, 0.15) is 5.75 Å². The zero-order chi connectivity index (χ0) is 30.5. The normalized spacial score (nSPS) is 20.2. The van der Waals surface area contributed by atoms with Crippen molar-refractivity contribution < 1.29 is 19.1 Å². The Kier molecular flexibility index (Phi) is 9.00. The second kappa shape index (κ2) is 13.4. The molecule has 2 unspecified atom stereocenters. The maximum atomic E-state index is 13.4. The van der Waals surface area contributed by atoms with Crippen LogP contribution < -0.4 is 20.3 Å². The molecule has 2 saturated heterocycles. The first-order valence-electron chi connectivity index (χ1n) is 15.7. The summed E-state index contributed by atoms with van der Waals surface area (Å²) in [6.07, 6.45) is 6.10. The molecule has 1 saturated carbocycles. The maximum absolute atomic E-state index is 13.4. The highest BCUT2D eigenvalue weighted by molar-refractivity contribution is 5.99.